The molecule has 0 saturated carbocycles. The van der Waals surface area contributed by atoms with Gasteiger partial charge in [0.1, 0.15) is 6.07 Å². The Kier molecular flexibility index (Phi) is 4.35. The molecule has 20 heavy (non-hydrogen) atoms. The molecule has 102 valence electrons. The minimum atomic E-state index is -0.468. The average molecular weight is 273 g/mol. The van der Waals surface area contributed by atoms with E-state index >= 15 is 0 Å². The molecule has 1 N–H and O–H groups in total. The molecule has 2 aromatic rings. The van der Waals surface area contributed by atoms with Crippen molar-refractivity contribution in [3.63, 3.8) is 0 Å². The highest BCUT2D eigenvalue weighted by Gasteiger charge is 2.13. The SMILES string of the molecule is C=CCNc1oc(COc2ccccc2F)nc1C#N. The normalized spacial score (nSPS) is 9.80. The number of halogens is 1. The molecule has 0 bridgehead atoms. The summed E-state index contributed by atoms with van der Waals surface area (Å²) in [6.07, 6.45) is 1.62. The molecule has 1 aromatic heterocycles. The molecular formula is C14H12FN3O2. The molecule has 6 heteroatoms. The molecule has 0 aliphatic rings. The molecule has 0 atom stereocenters. The van der Waals surface area contributed by atoms with Crippen LogP contribution in [-0.2, 0) is 6.61 Å². The summed E-state index contributed by atoms with van der Waals surface area (Å²) >= 11 is 0. The van der Waals surface area contributed by atoms with E-state index in [0.29, 0.717) is 6.54 Å². The van der Waals surface area contributed by atoms with E-state index in [0.717, 1.165) is 0 Å². The van der Waals surface area contributed by atoms with Crippen LogP contribution in [0.4, 0.5) is 10.3 Å². The van der Waals surface area contributed by atoms with Gasteiger partial charge in [-0.15, -0.1) is 6.58 Å². The molecule has 0 spiro atoms. The van der Waals surface area contributed by atoms with E-state index in [1.54, 1.807) is 18.2 Å². The summed E-state index contributed by atoms with van der Waals surface area (Å²) in [6, 6.07) is 7.92. The van der Waals surface area contributed by atoms with Gasteiger partial charge < -0.3 is 14.5 Å². The number of nitrogens with one attached hydrogen (secondary N) is 1. The third-order valence-corrected chi connectivity index (χ3v) is 2.37. The lowest BCUT2D eigenvalue weighted by Crippen LogP contribution is -1.98. The van der Waals surface area contributed by atoms with Crippen LogP contribution >= 0.6 is 0 Å². The minimum Gasteiger partial charge on any atom is -0.481 e. The van der Waals surface area contributed by atoms with Crippen LogP contribution in [0.15, 0.2) is 41.3 Å². The van der Waals surface area contributed by atoms with Gasteiger partial charge in [0, 0.05) is 6.54 Å². The van der Waals surface area contributed by atoms with Crippen molar-refractivity contribution in [1.82, 2.24) is 4.98 Å². The van der Waals surface area contributed by atoms with Gasteiger partial charge in [0.25, 0.3) is 0 Å². The van der Waals surface area contributed by atoms with Crippen LogP contribution in [0.25, 0.3) is 0 Å². The zero-order valence-corrected chi connectivity index (χ0v) is 10.6. The summed E-state index contributed by atoms with van der Waals surface area (Å²) in [5.41, 5.74) is 0.124. The van der Waals surface area contributed by atoms with Gasteiger partial charge in [-0.25, -0.2) is 4.39 Å². The Labute approximate surface area is 115 Å². The molecule has 0 aliphatic heterocycles. The van der Waals surface area contributed by atoms with Gasteiger partial charge in [-0.1, -0.05) is 18.2 Å². The van der Waals surface area contributed by atoms with Crippen LogP contribution in [0, 0.1) is 17.1 Å². The highest BCUT2D eigenvalue weighted by Crippen LogP contribution is 2.20. The van der Waals surface area contributed by atoms with Crippen molar-refractivity contribution in [2.24, 2.45) is 0 Å². The number of hydrogen-bond donors (Lipinski definition) is 1. The second kappa shape index (κ2) is 6.38. The molecule has 0 aliphatic carbocycles. The van der Waals surface area contributed by atoms with Crippen molar-refractivity contribution in [3.8, 4) is 11.8 Å². The van der Waals surface area contributed by atoms with Crippen molar-refractivity contribution in [1.29, 1.82) is 5.26 Å². The van der Waals surface area contributed by atoms with Gasteiger partial charge in [0.05, 0.1) is 0 Å². The molecular weight excluding hydrogens is 261 g/mol. The third kappa shape index (κ3) is 3.14. The Morgan fingerprint density at radius 2 is 2.30 bits per heavy atom. The zero-order valence-electron chi connectivity index (χ0n) is 10.6. The summed E-state index contributed by atoms with van der Waals surface area (Å²) in [4.78, 5) is 3.95. The number of para-hydroxylation sites is 1. The lowest BCUT2D eigenvalue weighted by atomic mass is 10.3. The third-order valence-electron chi connectivity index (χ3n) is 2.37. The Hall–Kier alpha value is -2.81. The molecule has 0 amide bonds. The topological polar surface area (TPSA) is 71.1 Å². The van der Waals surface area contributed by atoms with Crippen molar-refractivity contribution in [2.75, 3.05) is 11.9 Å². The molecule has 2 rings (SSSR count). The van der Waals surface area contributed by atoms with Crippen molar-refractivity contribution >= 4 is 5.88 Å². The van der Waals surface area contributed by atoms with Crippen LogP contribution < -0.4 is 10.1 Å². The minimum absolute atomic E-state index is 0.0641. The predicted octanol–water partition coefficient (Wildman–Crippen LogP) is 2.86. The lowest BCUT2D eigenvalue weighted by molar-refractivity contribution is 0.253. The Morgan fingerprint density at radius 1 is 1.50 bits per heavy atom. The maximum atomic E-state index is 13.4. The number of rotatable bonds is 6. The number of nitrogens with zero attached hydrogens (tertiary/aromatic N) is 2. The Morgan fingerprint density at radius 3 is 3.00 bits per heavy atom. The average Bonchev–Trinajstić information content (AvgIpc) is 2.86. The van der Waals surface area contributed by atoms with E-state index in [4.69, 9.17) is 14.4 Å². The van der Waals surface area contributed by atoms with Crippen LogP contribution in [0.3, 0.4) is 0 Å². The van der Waals surface area contributed by atoms with E-state index < -0.39 is 5.82 Å². The Balaban J connectivity index is 2.07. The quantitative estimate of drug-likeness (QED) is 0.819. The fraction of sp³-hybridized carbons (Fsp3) is 0.143. The summed E-state index contributed by atoms with van der Waals surface area (Å²) in [5.74, 6) is 0.0743. The van der Waals surface area contributed by atoms with E-state index in [2.05, 4.69) is 16.9 Å². The first kappa shape index (κ1) is 13.6. The van der Waals surface area contributed by atoms with Gasteiger partial charge in [0.15, 0.2) is 18.2 Å². The molecule has 0 radical (unpaired) electrons. The smallest absolute Gasteiger partial charge is 0.236 e. The van der Waals surface area contributed by atoms with Gasteiger partial charge >= 0.3 is 0 Å². The molecule has 0 unspecified atom stereocenters. The van der Waals surface area contributed by atoms with E-state index in [9.17, 15) is 4.39 Å². The van der Waals surface area contributed by atoms with Crippen molar-refractivity contribution in [2.45, 2.75) is 6.61 Å². The number of benzene rings is 1. The number of nitriles is 1. The van der Waals surface area contributed by atoms with Gasteiger partial charge in [-0.3, -0.25) is 0 Å². The second-order valence-electron chi connectivity index (χ2n) is 3.79. The molecule has 1 heterocycles. The second-order valence-corrected chi connectivity index (χ2v) is 3.79. The highest BCUT2D eigenvalue weighted by atomic mass is 19.1. The van der Waals surface area contributed by atoms with Crippen molar-refractivity contribution in [3.05, 3.63) is 54.3 Å². The van der Waals surface area contributed by atoms with Crippen LogP contribution in [0.1, 0.15) is 11.6 Å². The molecule has 0 saturated heterocycles. The van der Waals surface area contributed by atoms with E-state index in [1.165, 1.54) is 12.1 Å². The summed E-state index contributed by atoms with van der Waals surface area (Å²) in [6.45, 7) is 3.93. The maximum absolute atomic E-state index is 13.4. The molecule has 0 fully saturated rings. The van der Waals surface area contributed by atoms with Crippen LogP contribution in [0.2, 0.25) is 0 Å². The maximum Gasteiger partial charge on any atom is 0.236 e. The Bertz CT molecular complexity index is 646. The predicted molar refractivity (Wildman–Crippen MR) is 70.6 cm³/mol. The monoisotopic (exact) mass is 273 g/mol. The fourth-order valence-electron chi connectivity index (χ4n) is 1.49. The largest absolute Gasteiger partial charge is 0.481 e. The van der Waals surface area contributed by atoms with Crippen LogP contribution in [0.5, 0.6) is 5.75 Å². The summed E-state index contributed by atoms with van der Waals surface area (Å²) in [7, 11) is 0. The van der Waals surface area contributed by atoms with E-state index in [1.807, 2.05) is 6.07 Å². The summed E-state index contributed by atoms with van der Waals surface area (Å²) < 4.78 is 23.9. The molecule has 5 nitrogen and oxygen atoms in total. The first-order valence-electron chi connectivity index (χ1n) is 5.86. The van der Waals surface area contributed by atoms with Gasteiger partial charge in [0.2, 0.25) is 17.5 Å². The standard InChI is InChI=1S/C14H12FN3O2/c1-2-7-17-14-11(8-16)18-13(20-14)9-19-12-6-4-3-5-10(12)15/h2-6,17H,1,7,9H2. The molecule has 1 aromatic carbocycles. The van der Waals surface area contributed by atoms with Gasteiger partial charge in [-0.05, 0) is 12.1 Å². The summed E-state index contributed by atoms with van der Waals surface area (Å²) in [5, 5.41) is 11.8. The fourth-order valence-corrected chi connectivity index (χ4v) is 1.49. The number of oxazole rings is 1. The van der Waals surface area contributed by atoms with Gasteiger partial charge in [-0.2, -0.15) is 10.2 Å². The van der Waals surface area contributed by atoms with E-state index in [-0.39, 0.29) is 29.8 Å². The first-order chi connectivity index (χ1) is 9.74. The number of anilines is 1. The van der Waals surface area contributed by atoms with Crippen LogP contribution in [-0.4, -0.2) is 11.5 Å². The highest BCUT2D eigenvalue weighted by molar-refractivity contribution is 5.45. The number of aromatic nitrogens is 1. The first-order valence-corrected chi connectivity index (χ1v) is 5.86. The van der Waals surface area contributed by atoms with Crippen molar-refractivity contribution < 1.29 is 13.5 Å². The zero-order chi connectivity index (χ0) is 14.4. The number of hydrogen-bond acceptors (Lipinski definition) is 5. The number of ether oxygens (including phenoxy) is 1. The lowest BCUT2D eigenvalue weighted by Gasteiger charge is -2.03.